The summed E-state index contributed by atoms with van der Waals surface area (Å²) in [6.07, 6.45) is 5.55. The molecule has 2 aromatic rings. The molecule has 1 aliphatic heterocycles. The maximum atomic E-state index is 12.3. The minimum atomic E-state index is 0.0464. The molecule has 1 fully saturated rings. The third-order valence-corrected chi connectivity index (χ3v) is 4.74. The van der Waals surface area contributed by atoms with Crippen molar-refractivity contribution in [1.82, 2.24) is 10.3 Å². The van der Waals surface area contributed by atoms with Gasteiger partial charge in [-0.05, 0) is 42.2 Å². The summed E-state index contributed by atoms with van der Waals surface area (Å²) in [6, 6.07) is 11.7. The summed E-state index contributed by atoms with van der Waals surface area (Å²) in [6.45, 7) is 1.26. The molecule has 3 rings (SSSR count). The van der Waals surface area contributed by atoms with E-state index in [-0.39, 0.29) is 11.9 Å². The molecule has 0 spiro atoms. The molecule has 2 atom stereocenters. The number of halogens is 1. The highest BCUT2D eigenvalue weighted by Crippen LogP contribution is 2.20. The molecule has 1 aliphatic rings. The Bertz CT molecular complexity index is 678. The fourth-order valence-electron chi connectivity index (χ4n) is 3.01. The lowest BCUT2D eigenvalue weighted by atomic mass is 9.95. The van der Waals surface area contributed by atoms with Gasteiger partial charge in [0.05, 0.1) is 19.3 Å². The van der Waals surface area contributed by atoms with Gasteiger partial charge in [0.2, 0.25) is 5.91 Å². The van der Waals surface area contributed by atoms with Crippen LogP contribution in [-0.2, 0) is 22.4 Å². The number of carbonyl (C=O) groups is 1. The monoisotopic (exact) mass is 344 g/mol. The molecule has 1 saturated heterocycles. The summed E-state index contributed by atoms with van der Waals surface area (Å²) in [5.41, 5.74) is 2.22. The van der Waals surface area contributed by atoms with E-state index in [1.165, 1.54) is 5.56 Å². The van der Waals surface area contributed by atoms with Crippen molar-refractivity contribution >= 4 is 17.5 Å². The van der Waals surface area contributed by atoms with E-state index in [1.54, 1.807) is 12.4 Å². The van der Waals surface area contributed by atoms with Crippen LogP contribution in [-0.4, -0.2) is 30.1 Å². The molecule has 1 aromatic heterocycles. The summed E-state index contributed by atoms with van der Waals surface area (Å²) in [5, 5.41) is 3.83. The van der Waals surface area contributed by atoms with Gasteiger partial charge >= 0.3 is 0 Å². The van der Waals surface area contributed by atoms with Gasteiger partial charge < -0.3 is 10.1 Å². The van der Waals surface area contributed by atoms with E-state index in [4.69, 9.17) is 16.3 Å². The van der Waals surface area contributed by atoms with Crippen LogP contribution >= 0.6 is 11.6 Å². The van der Waals surface area contributed by atoms with E-state index < -0.39 is 0 Å². The molecule has 126 valence electrons. The highest BCUT2D eigenvalue weighted by molar-refractivity contribution is 6.31. The van der Waals surface area contributed by atoms with Crippen molar-refractivity contribution in [3.8, 4) is 0 Å². The van der Waals surface area contributed by atoms with E-state index >= 15 is 0 Å². The molecule has 4 nitrogen and oxygen atoms in total. The van der Waals surface area contributed by atoms with Crippen LogP contribution < -0.4 is 5.32 Å². The van der Waals surface area contributed by atoms with Gasteiger partial charge in [-0.1, -0.05) is 29.8 Å². The van der Waals surface area contributed by atoms with E-state index in [2.05, 4.69) is 10.3 Å². The largest absolute Gasteiger partial charge is 0.379 e. The predicted octanol–water partition coefficient (Wildman–Crippen LogP) is 3.04. The first-order valence-corrected chi connectivity index (χ1v) is 8.59. The van der Waals surface area contributed by atoms with Crippen molar-refractivity contribution < 1.29 is 9.53 Å². The first-order valence-electron chi connectivity index (χ1n) is 8.22. The fourth-order valence-corrected chi connectivity index (χ4v) is 3.24. The van der Waals surface area contributed by atoms with Crippen LogP contribution in [0.3, 0.4) is 0 Å². The Morgan fingerprint density at radius 2 is 2.00 bits per heavy atom. The highest BCUT2D eigenvalue weighted by atomic mass is 35.5. The van der Waals surface area contributed by atoms with Crippen LogP contribution in [0.1, 0.15) is 17.5 Å². The smallest absolute Gasteiger partial charge is 0.220 e. The van der Waals surface area contributed by atoms with Crippen molar-refractivity contribution in [1.29, 1.82) is 0 Å². The van der Waals surface area contributed by atoms with Gasteiger partial charge in [0, 0.05) is 29.8 Å². The second-order valence-corrected chi connectivity index (χ2v) is 6.53. The molecule has 0 unspecified atom stereocenters. The zero-order valence-corrected chi connectivity index (χ0v) is 14.2. The van der Waals surface area contributed by atoms with Crippen LogP contribution in [0.2, 0.25) is 5.02 Å². The Balaban J connectivity index is 1.51. The van der Waals surface area contributed by atoms with Gasteiger partial charge in [-0.3, -0.25) is 9.78 Å². The summed E-state index contributed by atoms with van der Waals surface area (Å²) in [4.78, 5) is 16.3. The van der Waals surface area contributed by atoms with Crippen molar-refractivity contribution in [2.45, 2.75) is 25.3 Å². The topological polar surface area (TPSA) is 51.2 Å². The maximum absolute atomic E-state index is 12.3. The third-order valence-electron chi connectivity index (χ3n) is 4.37. The molecule has 1 aromatic carbocycles. The first kappa shape index (κ1) is 16.9. The number of benzene rings is 1. The Morgan fingerprint density at radius 1 is 1.21 bits per heavy atom. The molecular weight excluding hydrogens is 324 g/mol. The van der Waals surface area contributed by atoms with Gasteiger partial charge in [0.25, 0.3) is 0 Å². The lowest BCUT2D eigenvalue weighted by Gasteiger charge is -2.19. The van der Waals surface area contributed by atoms with Gasteiger partial charge in [0.1, 0.15) is 0 Å². The Hall–Kier alpha value is -1.91. The lowest BCUT2D eigenvalue weighted by Crippen LogP contribution is -2.40. The van der Waals surface area contributed by atoms with Crippen LogP contribution in [0.15, 0.2) is 48.8 Å². The minimum Gasteiger partial charge on any atom is -0.379 e. The van der Waals surface area contributed by atoms with E-state index in [9.17, 15) is 4.79 Å². The summed E-state index contributed by atoms with van der Waals surface area (Å²) in [7, 11) is 0. The summed E-state index contributed by atoms with van der Waals surface area (Å²) in [5.74, 6) is 0.349. The number of amides is 1. The van der Waals surface area contributed by atoms with E-state index in [0.717, 1.165) is 12.0 Å². The molecular formula is C19H21ClN2O2. The maximum Gasteiger partial charge on any atom is 0.220 e. The second kappa shape index (κ2) is 8.27. The van der Waals surface area contributed by atoms with Gasteiger partial charge in [-0.15, -0.1) is 0 Å². The van der Waals surface area contributed by atoms with Gasteiger partial charge in [-0.2, -0.15) is 0 Å². The van der Waals surface area contributed by atoms with Gasteiger partial charge in [0.15, 0.2) is 0 Å². The third kappa shape index (κ3) is 4.56. The number of aromatic nitrogens is 1. The highest BCUT2D eigenvalue weighted by Gasteiger charge is 2.29. The fraction of sp³-hybridized carbons (Fsp3) is 0.368. The number of rotatable bonds is 6. The molecule has 0 saturated carbocycles. The molecule has 24 heavy (non-hydrogen) atoms. The Kier molecular flexibility index (Phi) is 5.83. The summed E-state index contributed by atoms with van der Waals surface area (Å²) >= 11 is 6.13. The lowest BCUT2D eigenvalue weighted by molar-refractivity contribution is -0.122. The normalized spacial score (nSPS) is 20.0. The number of hydrogen-bond donors (Lipinski definition) is 1. The number of aryl methyl sites for hydroxylation is 1. The van der Waals surface area contributed by atoms with Crippen LogP contribution in [0.25, 0.3) is 0 Å². The molecule has 0 bridgehead atoms. The quantitative estimate of drug-likeness (QED) is 0.876. The second-order valence-electron chi connectivity index (χ2n) is 6.12. The number of carbonyl (C=O) groups excluding carboxylic acids is 1. The zero-order valence-electron chi connectivity index (χ0n) is 13.5. The number of nitrogens with one attached hydrogen (secondary N) is 1. The minimum absolute atomic E-state index is 0.0464. The molecule has 0 radical (unpaired) electrons. The van der Waals surface area contributed by atoms with Crippen molar-refractivity contribution in [2.75, 3.05) is 13.2 Å². The van der Waals surface area contributed by atoms with Crippen LogP contribution in [0.5, 0.6) is 0 Å². The Morgan fingerprint density at radius 3 is 2.79 bits per heavy atom. The van der Waals surface area contributed by atoms with E-state index in [0.29, 0.717) is 37.0 Å². The first-order chi connectivity index (χ1) is 11.7. The van der Waals surface area contributed by atoms with Crippen molar-refractivity contribution in [2.24, 2.45) is 5.92 Å². The summed E-state index contributed by atoms with van der Waals surface area (Å²) < 4.78 is 5.57. The van der Waals surface area contributed by atoms with Crippen molar-refractivity contribution in [3.63, 3.8) is 0 Å². The Labute approximate surface area is 147 Å². The van der Waals surface area contributed by atoms with Crippen molar-refractivity contribution in [3.05, 3.63) is 64.9 Å². The molecule has 5 heteroatoms. The number of hydrogen-bond acceptors (Lipinski definition) is 3. The molecule has 0 aliphatic carbocycles. The van der Waals surface area contributed by atoms with E-state index in [1.807, 2.05) is 36.4 Å². The average molecular weight is 345 g/mol. The van der Waals surface area contributed by atoms with Gasteiger partial charge in [-0.25, -0.2) is 0 Å². The SMILES string of the molecule is O=C(CCc1ccccc1Cl)N[C@H]1COC[C@H]1Cc1ccncc1. The zero-order chi connectivity index (χ0) is 16.8. The molecule has 1 amide bonds. The van der Waals surface area contributed by atoms with Crippen LogP contribution in [0, 0.1) is 5.92 Å². The number of ether oxygens (including phenoxy) is 1. The standard InChI is InChI=1S/C19H21ClN2O2/c20-17-4-2-1-3-15(17)5-6-19(23)22-18-13-24-12-16(18)11-14-7-9-21-10-8-14/h1-4,7-10,16,18H,5-6,11-13H2,(H,22,23)/t16-,18+/m1/s1. The predicted molar refractivity (Wildman–Crippen MR) is 94.0 cm³/mol. The average Bonchev–Trinajstić information content (AvgIpc) is 3.02. The number of nitrogens with zero attached hydrogens (tertiary/aromatic N) is 1. The molecule has 2 heterocycles. The van der Waals surface area contributed by atoms with Crippen LogP contribution in [0.4, 0.5) is 0 Å². The molecule has 1 N–H and O–H groups in total. The number of pyridine rings is 1.